The fraction of sp³-hybridized carbons (Fsp3) is 0.469. The van der Waals surface area contributed by atoms with Crippen molar-refractivity contribution in [2.45, 2.75) is 120 Å². The Bertz CT molecular complexity index is 2740. The largest absolute Gasteiger partial charge is 0.453 e. The minimum absolute atomic E-state index is 0.0337. The number of sulfone groups is 2. The molecule has 0 radical (unpaired) electrons. The van der Waals surface area contributed by atoms with Crippen molar-refractivity contribution in [3.63, 3.8) is 0 Å². The van der Waals surface area contributed by atoms with Crippen LogP contribution in [0.4, 0.5) is 43.9 Å². The number of hydroxylamine groups is 2. The van der Waals surface area contributed by atoms with E-state index in [-0.39, 0.29) is 61.9 Å². The number of benzene rings is 4. The molecule has 3 aliphatic heterocycles. The second-order valence-corrected chi connectivity index (χ2v) is 22.4. The maximum Gasteiger partial charge on any atom is 0.453 e. The van der Waals surface area contributed by atoms with Crippen molar-refractivity contribution in [2.75, 3.05) is 33.0 Å². The van der Waals surface area contributed by atoms with Gasteiger partial charge in [-0.1, -0.05) is 72.8 Å². The summed E-state index contributed by atoms with van der Waals surface area (Å²) in [7, 11) is -8.38. The highest BCUT2D eigenvalue weighted by Crippen LogP contribution is 2.42. The smallest absolute Gasteiger partial charge is 0.381 e. The van der Waals surface area contributed by atoms with Gasteiger partial charge in [-0.05, 0) is 109 Å². The normalized spacial score (nSPS) is 18.6. The van der Waals surface area contributed by atoms with Crippen molar-refractivity contribution in [3.05, 3.63) is 108 Å². The predicted molar refractivity (Wildman–Crippen MR) is 245 cm³/mol. The zero-order valence-electron chi connectivity index (χ0n) is 39.3. The molecule has 0 bridgehead atoms. The quantitative estimate of drug-likeness (QED) is 0.0552. The van der Waals surface area contributed by atoms with Crippen LogP contribution >= 0.6 is 0 Å². The van der Waals surface area contributed by atoms with E-state index in [4.69, 9.17) is 24.3 Å². The summed E-state index contributed by atoms with van der Waals surface area (Å²) in [4.78, 5) is 30.7. The van der Waals surface area contributed by atoms with Gasteiger partial charge in [0.05, 0.1) is 9.79 Å². The number of alkyl halides is 10. The number of carbonyl (C=O) groups is 2. The number of nitrogens with one attached hydrogen (secondary N) is 2. The molecule has 25 heteroatoms. The van der Waals surface area contributed by atoms with Crippen molar-refractivity contribution in [1.29, 1.82) is 0 Å². The summed E-state index contributed by atoms with van der Waals surface area (Å²) in [5, 5.41) is 9.10. The molecule has 3 fully saturated rings. The molecule has 0 aromatic heterocycles. The van der Waals surface area contributed by atoms with E-state index in [1.807, 2.05) is 0 Å². The number of aryl methyl sites for hydroxylation is 2. The molecule has 0 spiro atoms. The minimum Gasteiger partial charge on any atom is -0.381 e. The minimum atomic E-state index is -5.60. The van der Waals surface area contributed by atoms with Gasteiger partial charge in [0.15, 0.2) is 35.5 Å². The molecule has 2 amide bonds. The lowest BCUT2D eigenvalue weighted by Gasteiger charge is -2.35. The summed E-state index contributed by atoms with van der Waals surface area (Å²) >= 11 is 0. The van der Waals surface area contributed by atoms with E-state index in [1.54, 1.807) is 12.1 Å². The third-order valence-electron chi connectivity index (χ3n) is 13.2. The third kappa shape index (κ3) is 12.9. The molecule has 13 nitrogen and oxygen atoms in total. The average Bonchev–Trinajstić information content (AvgIpc) is 3.39. The standard InChI is InChI=1S/C27H30F5NO6S.C22H22F5NO5S/c28-26(29,27(30,31)32)13-12-19-4-6-20(7-5-19)21-8-10-22(11-9-21)40(35,36)25(14-17-37-18-15-25)24(34)33-39-23-3-1-2-16-38-23;23-21(24,22(25,26)27)10-9-15-1-3-16(4-2-15)17-5-7-18(8-6-17)34(31,32)20(19(29)28-30)11-13-33-14-12-20/h4-11,23H,1-3,12-18H2,(H,33,34);1-8,30H,9-14H2,(H,28,29). The van der Waals surface area contributed by atoms with Gasteiger partial charge in [-0.25, -0.2) is 32.6 Å². The average molecular weight is 1100 g/mol. The Hall–Kier alpha value is -5.18. The molecule has 1 atom stereocenters. The highest BCUT2D eigenvalue weighted by Gasteiger charge is 2.58. The number of amides is 2. The summed E-state index contributed by atoms with van der Waals surface area (Å²) < 4.78 is 193. The second-order valence-electron chi connectivity index (χ2n) is 17.9. The molecule has 0 aliphatic carbocycles. The van der Waals surface area contributed by atoms with Crippen LogP contribution in [0.1, 0.15) is 68.9 Å². The Morgan fingerprint density at radius 2 is 0.892 bits per heavy atom. The molecule has 3 aliphatic rings. The van der Waals surface area contributed by atoms with Crippen LogP contribution in [-0.4, -0.2) is 107 Å². The molecule has 3 saturated heterocycles. The number of hydrogen-bond donors (Lipinski definition) is 3. The Labute approximate surface area is 419 Å². The summed E-state index contributed by atoms with van der Waals surface area (Å²) in [6.07, 6.45) is -13.6. The van der Waals surface area contributed by atoms with Crippen molar-refractivity contribution < 1.29 is 94.6 Å². The van der Waals surface area contributed by atoms with Crippen LogP contribution in [0, 0.1) is 0 Å². The summed E-state index contributed by atoms with van der Waals surface area (Å²) in [5.74, 6) is -11.4. The lowest BCUT2D eigenvalue weighted by Crippen LogP contribution is -2.56. The Morgan fingerprint density at radius 3 is 1.22 bits per heavy atom. The van der Waals surface area contributed by atoms with E-state index in [9.17, 15) is 70.3 Å². The first-order valence-electron chi connectivity index (χ1n) is 23.1. The monoisotopic (exact) mass is 1100 g/mol. The number of hydrogen-bond acceptors (Lipinski definition) is 11. The number of halogens is 10. The molecule has 74 heavy (non-hydrogen) atoms. The molecule has 1 unspecified atom stereocenters. The lowest BCUT2D eigenvalue weighted by molar-refractivity contribution is -0.284. The maximum absolute atomic E-state index is 13.8. The van der Waals surface area contributed by atoms with Gasteiger partial charge in [0, 0.05) is 52.3 Å². The van der Waals surface area contributed by atoms with Gasteiger partial charge >= 0.3 is 24.2 Å². The molecule has 4 aromatic rings. The van der Waals surface area contributed by atoms with Gasteiger partial charge in [0.1, 0.15) is 0 Å². The fourth-order valence-corrected chi connectivity index (χ4v) is 12.3. The van der Waals surface area contributed by atoms with Crippen molar-refractivity contribution >= 4 is 31.5 Å². The van der Waals surface area contributed by atoms with Crippen LogP contribution in [0.2, 0.25) is 0 Å². The fourth-order valence-electron chi connectivity index (χ4n) is 8.47. The van der Waals surface area contributed by atoms with Crippen LogP contribution in [0.15, 0.2) is 107 Å². The molecular formula is C49H52F10N2O11S2. The lowest BCUT2D eigenvalue weighted by atomic mass is 9.98. The van der Waals surface area contributed by atoms with Crippen LogP contribution in [0.3, 0.4) is 0 Å². The first-order valence-corrected chi connectivity index (χ1v) is 26.1. The SMILES string of the molecule is O=C(NO)C1(S(=O)(=O)c2ccc(-c3ccc(CCC(F)(F)C(F)(F)F)cc3)cc2)CCOCC1.O=C(NOC1CCCCO1)C1(S(=O)(=O)c2ccc(-c3ccc(CCC(F)(F)C(F)(F)F)cc3)cc2)CCOCC1. The summed E-state index contributed by atoms with van der Waals surface area (Å²) in [6, 6.07) is 23.3. The Kier molecular flexibility index (Phi) is 18.3. The molecule has 3 N–H and O–H groups in total. The van der Waals surface area contributed by atoms with Crippen LogP contribution < -0.4 is 11.0 Å². The first-order chi connectivity index (χ1) is 34.7. The maximum atomic E-state index is 13.8. The zero-order chi connectivity index (χ0) is 54.2. The second kappa shape index (κ2) is 23.4. The Balaban J connectivity index is 0.000000244. The first kappa shape index (κ1) is 58.1. The predicted octanol–water partition coefficient (Wildman–Crippen LogP) is 9.69. The number of carbonyl (C=O) groups excluding carboxylic acids is 2. The summed E-state index contributed by atoms with van der Waals surface area (Å²) in [6.45, 7) is 0.705. The van der Waals surface area contributed by atoms with Gasteiger partial charge < -0.3 is 14.2 Å². The van der Waals surface area contributed by atoms with Gasteiger partial charge in [-0.15, -0.1) is 0 Å². The molecule has 4 aromatic carbocycles. The van der Waals surface area contributed by atoms with Gasteiger partial charge in [0.25, 0.3) is 11.8 Å². The summed E-state index contributed by atoms with van der Waals surface area (Å²) in [5.41, 5.74) is 6.69. The van der Waals surface area contributed by atoms with Gasteiger partial charge in [-0.3, -0.25) is 14.8 Å². The molecule has 406 valence electrons. The van der Waals surface area contributed by atoms with Crippen molar-refractivity contribution in [2.24, 2.45) is 0 Å². The van der Waals surface area contributed by atoms with E-state index < -0.39 is 97.2 Å². The molecule has 0 saturated carbocycles. The van der Waals surface area contributed by atoms with Crippen LogP contribution in [-0.2, 0) is 61.2 Å². The van der Waals surface area contributed by atoms with Gasteiger partial charge in [-0.2, -0.15) is 43.9 Å². The molecule has 7 rings (SSSR count). The van der Waals surface area contributed by atoms with E-state index >= 15 is 0 Å². The number of rotatable bonds is 16. The molecular weight excluding hydrogens is 1050 g/mol. The zero-order valence-corrected chi connectivity index (χ0v) is 40.9. The van der Waals surface area contributed by atoms with E-state index in [1.165, 1.54) is 90.4 Å². The van der Waals surface area contributed by atoms with Crippen molar-refractivity contribution in [3.8, 4) is 22.3 Å². The van der Waals surface area contributed by atoms with E-state index in [2.05, 4.69) is 5.48 Å². The van der Waals surface area contributed by atoms with Crippen molar-refractivity contribution in [1.82, 2.24) is 11.0 Å². The Morgan fingerprint density at radius 1 is 0.541 bits per heavy atom. The van der Waals surface area contributed by atoms with E-state index in [0.717, 1.165) is 12.8 Å². The van der Waals surface area contributed by atoms with Gasteiger partial charge in [0.2, 0.25) is 0 Å². The van der Waals surface area contributed by atoms with Crippen LogP contribution in [0.5, 0.6) is 0 Å². The number of ether oxygens (including phenoxy) is 3. The highest BCUT2D eigenvalue weighted by molar-refractivity contribution is 7.94. The van der Waals surface area contributed by atoms with Crippen LogP contribution in [0.25, 0.3) is 22.3 Å². The molecule has 3 heterocycles. The highest BCUT2D eigenvalue weighted by atomic mass is 32.2. The third-order valence-corrected chi connectivity index (χ3v) is 18.2. The van der Waals surface area contributed by atoms with E-state index in [0.29, 0.717) is 46.4 Å². The topological polar surface area (TPSA) is 184 Å².